The Balaban J connectivity index is 1.66. The number of fused-ring (bicyclic) bond motifs is 1. The van der Waals surface area contributed by atoms with Crippen molar-refractivity contribution in [1.29, 1.82) is 0 Å². The number of rotatable bonds is 6. The number of amides is 4. The van der Waals surface area contributed by atoms with Crippen LogP contribution in [-0.4, -0.2) is 86.8 Å². The summed E-state index contributed by atoms with van der Waals surface area (Å²) in [5, 5.41) is 16.6. The first-order chi connectivity index (χ1) is 20.5. The lowest BCUT2D eigenvalue weighted by molar-refractivity contribution is -0.152. The predicted octanol–water partition coefficient (Wildman–Crippen LogP) is 4.38. The van der Waals surface area contributed by atoms with Gasteiger partial charge in [-0.3, -0.25) is 14.4 Å². The number of carbonyl (C=O) groups is 4. The first-order valence-electron chi connectivity index (χ1n) is 15.3. The molecule has 0 bridgehead atoms. The quantitative estimate of drug-likeness (QED) is 0.504. The Morgan fingerprint density at radius 2 is 1.52 bits per heavy atom. The molecule has 10 heteroatoms. The number of aliphatic hydroxyl groups is 1. The fourth-order valence-electron chi connectivity index (χ4n) is 5.78. The van der Waals surface area contributed by atoms with E-state index in [-0.39, 0.29) is 30.3 Å². The van der Waals surface area contributed by atoms with Crippen molar-refractivity contribution < 1.29 is 29.0 Å². The first kappa shape index (κ1) is 33.0. The topological polar surface area (TPSA) is 119 Å². The van der Waals surface area contributed by atoms with Crippen LogP contribution in [0.1, 0.15) is 88.1 Å². The number of nitrogens with one attached hydrogen (secondary N) is 1. The van der Waals surface area contributed by atoms with Crippen LogP contribution in [0.3, 0.4) is 0 Å². The first-order valence-corrected chi connectivity index (χ1v) is 15.3. The molecule has 2 aliphatic rings. The summed E-state index contributed by atoms with van der Waals surface area (Å²) in [6, 6.07) is 13.4. The molecule has 2 fully saturated rings. The highest BCUT2D eigenvalue weighted by Crippen LogP contribution is 2.35. The van der Waals surface area contributed by atoms with Gasteiger partial charge in [-0.1, -0.05) is 65.0 Å². The molecule has 44 heavy (non-hydrogen) atoms. The van der Waals surface area contributed by atoms with Crippen LogP contribution < -0.4 is 5.32 Å². The van der Waals surface area contributed by atoms with Gasteiger partial charge in [-0.25, -0.2) is 14.8 Å². The minimum absolute atomic E-state index is 0.00364. The second-order valence-electron chi connectivity index (χ2n) is 14.2. The number of hydrogen-bond donors (Lipinski definition) is 2. The summed E-state index contributed by atoms with van der Waals surface area (Å²) < 4.78 is 5.65. The Bertz CT molecular complexity index is 1360. The van der Waals surface area contributed by atoms with Crippen LogP contribution in [0, 0.1) is 5.92 Å². The molecule has 10 nitrogen and oxygen atoms in total. The van der Waals surface area contributed by atoms with Crippen molar-refractivity contribution in [2.75, 3.05) is 13.1 Å². The zero-order valence-electron chi connectivity index (χ0n) is 27.0. The van der Waals surface area contributed by atoms with Gasteiger partial charge in [0.25, 0.3) is 17.7 Å². The molecule has 2 heterocycles. The van der Waals surface area contributed by atoms with Gasteiger partial charge in [-0.15, -0.1) is 0 Å². The van der Waals surface area contributed by atoms with Gasteiger partial charge in [0.1, 0.15) is 17.7 Å². The van der Waals surface area contributed by atoms with E-state index >= 15 is 0 Å². The minimum Gasteiger partial charge on any atom is -0.442 e. The van der Waals surface area contributed by atoms with Crippen molar-refractivity contribution in [3.05, 3.63) is 71.3 Å². The number of likely N-dealkylation sites (tertiary alicyclic amines) is 1. The molecular formula is C34H46N4O6. The lowest BCUT2D eigenvalue weighted by atomic mass is 9.86. The normalized spacial score (nSPS) is 20.9. The van der Waals surface area contributed by atoms with E-state index in [4.69, 9.17) is 4.74 Å². The van der Waals surface area contributed by atoms with Crippen LogP contribution in [0.2, 0.25) is 0 Å². The maximum atomic E-state index is 14.4. The van der Waals surface area contributed by atoms with E-state index in [0.717, 1.165) is 5.56 Å². The van der Waals surface area contributed by atoms with Crippen molar-refractivity contribution in [2.45, 2.75) is 97.1 Å². The van der Waals surface area contributed by atoms with Gasteiger partial charge in [0.2, 0.25) is 0 Å². The van der Waals surface area contributed by atoms with Gasteiger partial charge >= 0.3 is 6.09 Å². The van der Waals surface area contributed by atoms with Crippen molar-refractivity contribution in [2.24, 2.45) is 5.92 Å². The van der Waals surface area contributed by atoms with Gasteiger partial charge in [-0.05, 0) is 68.4 Å². The molecule has 2 saturated heterocycles. The molecule has 2 aromatic rings. The minimum atomic E-state index is -1.12. The number of β-amino-alcohol motifs (C(OH)–C–C–N with tert-alkyl or cyclic N) is 1. The van der Waals surface area contributed by atoms with Gasteiger partial charge < -0.3 is 20.1 Å². The van der Waals surface area contributed by atoms with Crippen LogP contribution in [0.25, 0.3) is 0 Å². The molecule has 0 radical (unpaired) electrons. The lowest BCUT2D eigenvalue weighted by Gasteiger charge is -2.36. The number of aliphatic hydroxyl groups excluding tert-OH is 1. The highest BCUT2D eigenvalue weighted by molar-refractivity contribution is 5.98. The SMILES string of the molecule is CC(C)C[C@H](NC(=O)c1ccc(C(C)(C)C)cc1)C(=O)N1[C@@H]2C(O)CN(C(=O)c3ccccc3)C2CN1C(=O)OC(C)(C)C. The molecule has 2 N–H and O–H groups in total. The Kier molecular flexibility index (Phi) is 9.44. The Morgan fingerprint density at radius 1 is 0.909 bits per heavy atom. The molecule has 0 spiro atoms. The number of benzene rings is 2. The van der Waals surface area contributed by atoms with E-state index in [0.29, 0.717) is 17.5 Å². The summed E-state index contributed by atoms with van der Waals surface area (Å²) in [6.07, 6.45) is -1.60. The smallest absolute Gasteiger partial charge is 0.429 e. The summed E-state index contributed by atoms with van der Waals surface area (Å²) in [4.78, 5) is 56.3. The number of hydrogen-bond acceptors (Lipinski definition) is 6. The van der Waals surface area contributed by atoms with Gasteiger partial charge in [-0.2, -0.15) is 0 Å². The summed E-state index contributed by atoms with van der Waals surface area (Å²) in [6.45, 7) is 15.3. The fourth-order valence-corrected chi connectivity index (χ4v) is 5.78. The molecule has 2 unspecified atom stereocenters. The zero-order valence-corrected chi connectivity index (χ0v) is 27.0. The van der Waals surface area contributed by atoms with E-state index in [2.05, 4.69) is 26.1 Å². The monoisotopic (exact) mass is 606 g/mol. The Morgan fingerprint density at radius 3 is 2.07 bits per heavy atom. The number of ether oxygens (including phenoxy) is 1. The average Bonchev–Trinajstić information content (AvgIpc) is 3.48. The second-order valence-corrected chi connectivity index (χ2v) is 14.2. The number of carbonyl (C=O) groups excluding carboxylic acids is 4. The molecule has 0 saturated carbocycles. The molecule has 4 atom stereocenters. The average molecular weight is 607 g/mol. The lowest BCUT2D eigenvalue weighted by Crippen LogP contribution is -2.58. The van der Waals surface area contributed by atoms with Crippen LogP contribution in [0.5, 0.6) is 0 Å². The van der Waals surface area contributed by atoms with E-state index < -0.39 is 47.7 Å². The third-order valence-electron chi connectivity index (χ3n) is 7.91. The van der Waals surface area contributed by atoms with E-state index in [1.54, 1.807) is 63.2 Å². The van der Waals surface area contributed by atoms with Gasteiger partial charge in [0.05, 0.1) is 18.7 Å². The number of hydrazine groups is 1. The van der Waals surface area contributed by atoms with Crippen LogP contribution >= 0.6 is 0 Å². The summed E-state index contributed by atoms with van der Waals surface area (Å²) in [7, 11) is 0. The highest BCUT2D eigenvalue weighted by atomic mass is 16.6. The maximum absolute atomic E-state index is 14.4. The fraction of sp³-hybridized carbons (Fsp3) is 0.529. The van der Waals surface area contributed by atoms with Crippen molar-refractivity contribution >= 4 is 23.8 Å². The van der Waals surface area contributed by atoms with Crippen LogP contribution in [0.4, 0.5) is 4.79 Å². The molecular weight excluding hydrogens is 560 g/mol. The standard InChI is InChI=1S/C34H46N4O6/c1-21(2)18-25(35-29(40)22-14-16-24(17-15-22)33(3,4)5)31(42)38-28-26(19-37(38)32(43)44-34(6,7)8)36(20-27(28)39)30(41)23-12-10-9-11-13-23/h9-17,21,25-28,39H,18-20H2,1-8H3,(H,35,40)/t25-,26?,27?,28-/m0/s1. The molecule has 2 aliphatic heterocycles. The molecule has 0 aliphatic carbocycles. The van der Waals surface area contributed by atoms with Gasteiger partial charge in [0, 0.05) is 17.7 Å². The van der Waals surface area contributed by atoms with E-state index in [9.17, 15) is 24.3 Å². The molecule has 4 amide bonds. The van der Waals surface area contributed by atoms with E-state index in [1.807, 2.05) is 26.0 Å². The van der Waals surface area contributed by atoms with Crippen molar-refractivity contribution in [3.8, 4) is 0 Å². The molecule has 2 aromatic carbocycles. The Labute approximate surface area is 260 Å². The third kappa shape index (κ3) is 7.23. The highest BCUT2D eigenvalue weighted by Gasteiger charge is 2.57. The summed E-state index contributed by atoms with van der Waals surface area (Å²) >= 11 is 0. The third-order valence-corrected chi connectivity index (χ3v) is 7.91. The predicted molar refractivity (Wildman–Crippen MR) is 167 cm³/mol. The van der Waals surface area contributed by atoms with Crippen molar-refractivity contribution in [1.82, 2.24) is 20.2 Å². The second kappa shape index (κ2) is 12.6. The Hall–Kier alpha value is -3.92. The molecule has 238 valence electrons. The van der Waals surface area contributed by atoms with Crippen LogP contribution in [0.15, 0.2) is 54.6 Å². The summed E-state index contributed by atoms with van der Waals surface area (Å²) in [5.74, 6) is -1.26. The van der Waals surface area contributed by atoms with Gasteiger partial charge in [0.15, 0.2) is 0 Å². The maximum Gasteiger partial charge on any atom is 0.429 e. The molecule has 0 aromatic heterocycles. The number of nitrogens with zero attached hydrogens (tertiary/aromatic N) is 3. The van der Waals surface area contributed by atoms with E-state index in [1.165, 1.54) is 14.9 Å². The van der Waals surface area contributed by atoms with Crippen molar-refractivity contribution in [3.63, 3.8) is 0 Å². The zero-order chi connectivity index (χ0) is 32.6. The summed E-state index contributed by atoms with van der Waals surface area (Å²) in [5.41, 5.74) is 0.983. The van der Waals surface area contributed by atoms with Crippen LogP contribution in [-0.2, 0) is 14.9 Å². The largest absolute Gasteiger partial charge is 0.442 e. The molecule has 4 rings (SSSR count).